The van der Waals surface area contributed by atoms with Crippen molar-refractivity contribution in [2.24, 2.45) is 0 Å². The molecule has 5 nitrogen and oxygen atoms in total. The van der Waals surface area contributed by atoms with Gasteiger partial charge in [0.25, 0.3) is 5.91 Å². The van der Waals surface area contributed by atoms with Gasteiger partial charge in [0.05, 0.1) is 5.02 Å². The number of nitrogens with zero attached hydrogens (tertiary/aromatic N) is 2. The summed E-state index contributed by atoms with van der Waals surface area (Å²) in [5, 5.41) is 4.30. The lowest BCUT2D eigenvalue weighted by Gasteiger charge is -2.19. The lowest BCUT2D eigenvalue weighted by atomic mass is 10.2. The first-order valence-electron chi connectivity index (χ1n) is 8.84. The Labute approximate surface area is 163 Å². The molecule has 0 aliphatic rings. The monoisotopic (exact) mass is 383 g/mol. The van der Waals surface area contributed by atoms with Gasteiger partial charge in [0.2, 0.25) is 0 Å². The molecule has 3 rings (SSSR count). The lowest BCUT2D eigenvalue weighted by Crippen LogP contribution is -2.31. The van der Waals surface area contributed by atoms with Crippen molar-refractivity contribution in [3.8, 4) is 5.75 Å². The Hall–Kier alpha value is -2.79. The highest BCUT2D eigenvalue weighted by atomic mass is 35.5. The molecule has 2 aromatic carbocycles. The van der Waals surface area contributed by atoms with Crippen LogP contribution >= 0.6 is 11.6 Å². The molecule has 140 valence electrons. The minimum Gasteiger partial charge on any atom is -0.481 e. The molecule has 0 atom stereocenters. The SMILES string of the molecule is CN(CCCNC(=O)COc1ccc(Cl)c2cccnc12)c1ccccc1. The van der Waals surface area contributed by atoms with Gasteiger partial charge in [0.15, 0.2) is 6.61 Å². The van der Waals surface area contributed by atoms with Crippen LogP contribution in [0.1, 0.15) is 6.42 Å². The van der Waals surface area contributed by atoms with E-state index in [2.05, 4.69) is 27.3 Å². The molecule has 0 saturated heterocycles. The number of rotatable bonds is 8. The molecule has 1 aromatic heterocycles. The fourth-order valence-corrected chi connectivity index (χ4v) is 2.99. The number of benzene rings is 2. The number of fused-ring (bicyclic) bond motifs is 1. The zero-order valence-electron chi connectivity index (χ0n) is 15.2. The highest BCUT2D eigenvalue weighted by molar-refractivity contribution is 6.35. The van der Waals surface area contributed by atoms with Crippen molar-refractivity contribution in [3.05, 3.63) is 65.8 Å². The molecule has 1 heterocycles. The van der Waals surface area contributed by atoms with Crippen LogP contribution in [0.4, 0.5) is 5.69 Å². The van der Waals surface area contributed by atoms with Gasteiger partial charge in [-0.05, 0) is 42.8 Å². The predicted octanol–water partition coefficient (Wildman–Crippen LogP) is 3.91. The van der Waals surface area contributed by atoms with E-state index < -0.39 is 0 Å². The Balaban J connectivity index is 1.43. The van der Waals surface area contributed by atoms with Crippen LogP contribution < -0.4 is 15.0 Å². The Bertz CT molecular complexity index is 902. The third-order valence-electron chi connectivity index (χ3n) is 4.23. The molecule has 0 fully saturated rings. The van der Waals surface area contributed by atoms with Gasteiger partial charge in [-0.3, -0.25) is 9.78 Å². The molecular weight excluding hydrogens is 362 g/mol. The molecule has 0 aliphatic carbocycles. The summed E-state index contributed by atoms with van der Waals surface area (Å²) in [4.78, 5) is 18.5. The number of aromatic nitrogens is 1. The minimum atomic E-state index is -0.156. The van der Waals surface area contributed by atoms with Gasteiger partial charge < -0.3 is 15.0 Å². The summed E-state index contributed by atoms with van der Waals surface area (Å²) >= 11 is 6.17. The summed E-state index contributed by atoms with van der Waals surface area (Å²) in [6, 6.07) is 17.3. The van der Waals surface area contributed by atoms with Crippen LogP contribution in [0.5, 0.6) is 5.75 Å². The van der Waals surface area contributed by atoms with Crippen molar-refractivity contribution in [3.63, 3.8) is 0 Å². The minimum absolute atomic E-state index is 0.0537. The first-order chi connectivity index (χ1) is 13.1. The summed E-state index contributed by atoms with van der Waals surface area (Å²) in [6.07, 6.45) is 2.53. The van der Waals surface area contributed by atoms with Crippen LogP contribution in [0.3, 0.4) is 0 Å². The number of hydrogen-bond donors (Lipinski definition) is 1. The number of amides is 1. The van der Waals surface area contributed by atoms with Crippen molar-refractivity contribution in [2.45, 2.75) is 6.42 Å². The van der Waals surface area contributed by atoms with Crippen LogP contribution in [0.25, 0.3) is 10.9 Å². The Kier molecular flexibility index (Phi) is 6.49. The van der Waals surface area contributed by atoms with E-state index >= 15 is 0 Å². The average Bonchev–Trinajstić information content (AvgIpc) is 2.71. The van der Waals surface area contributed by atoms with E-state index in [4.69, 9.17) is 16.3 Å². The molecule has 0 unspecified atom stereocenters. The Morgan fingerprint density at radius 2 is 1.96 bits per heavy atom. The van der Waals surface area contributed by atoms with E-state index in [1.807, 2.05) is 37.4 Å². The quantitative estimate of drug-likeness (QED) is 0.599. The third-order valence-corrected chi connectivity index (χ3v) is 4.56. The molecule has 1 amide bonds. The third kappa shape index (κ3) is 5.11. The van der Waals surface area contributed by atoms with Crippen LogP contribution in [0.2, 0.25) is 5.02 Å². The van der Waals surface area contributed by atoms with Crippen LogP contribution in [0.15, 0.2) is 60.8 Å². The number of pyridine rings is 1. The first kappa shape index (κ1) is 19.0. The second-order valence-electron chi connectivity index (χ2n) is 6.19. The summed E-state index contributed by atoms with van der Waals surface area (Å²) in [5.41, 5.74) is 1.82. The average molecular weight is 384 g/mol. The van der Waals surface area contributed by atoms with Crippen molar-refractivity contribution < 1.29 is 9.53 Å². The van der Waals surface area contributed by atoms with Crippen molar-refractivity contribution >= 4 is 34.1 Å². The second-order valence-corrected chi connectivity index (χ2v) is 6.60. The maximum absolute atomic E-state index is 12.0. The standard InChI is InChI=1S/C21H22ClN3O2/c1-25(16-7-3-2-4-8-16)14-6-13-23-20(26)15-27-19-11-10-18(22)17-9-5-12-24-21(17)19/h2-5,7-12H,6,13-15H2,1H3,(H,23,26). The highest BCUT2D eigenvalue weighted by Crippen LogP contribution is 2.29. The number of hydrogen-bond acceptors (Lipinski definition) is 4. The first-order valence-corrected chi connectivity index (χ1v) is 9.22. The number of ether oxygens (including phenoxy) is 1. The number of carbonyl (C=O) groups excluding carboxylic acids is 1. The Morgan fingerprint density at radius 1 is 1.15 bits per heavy atom. The zero-order valence-corrected chi connectivity index (χ0v) is 15.9. The number of para-hydroxylation sites is 1. The van der Waals surface area contributed by atoms with E-state index in [1.165, 1.54) is 0 Å². The molecule has 1 N–H and O–H groups in total. The van der Waals surface area contributed by atoms with Gasteiger partial charge in [-0.1, -0.05) is 29.8 Å². The van der Waals surface area contributed by atoms with Gasteiger partial charge in [0, 0.05) is 37.4 Å². The molecule has 0 saturated carbocycles. The van der Waals surface area contributed by atoms with Gasteiger partial charge in [-0.2, -0.15) is 0 Å². The lowest BCUT2D eigenvalue weighted by molar-refractivity contribution is -0.123. The van der Waals surface area contributed by atoms with E-state index in [-0.39, 0.29) is 12.5 Å². The highest BCUT2D eigenvalue weighted by Gasteiger charge is 2.09. The summed E-state index contributed by atoms with van der Waals surface area (Å²) in [5.74, 6) is 0.394. The smallest absolute Gasteiger partial charge is 0.257 e. The van der Waals surface area contributed by atoms with E-state index in [0.29, 0.717) is 22.8 Å². The van der Waals surface area contributed by atoms with Crippen LogP contribution in [-0.2, 0) is 4.79 Å². The van der Waals surface area contributed by atoms with Gasteiger partial charge in [-0.25, -0.2) is 0 Å². The van der Waals surface area contributed by atoms with Gasteiger partial charge >= 0.3 is 0 Å². The van der Waals surface area contributed by atoms with Crippen molar-refractivity contribution in [1.82, 2.24) is 10.3 Å². The van der Waals surface area contributed by atoms with Gasteiger partial charge in [0.1, 0.15) is 11.3 Å². The zero-order chi connectivity index (χ0) is 19.1. The normalized spacial score (nSPS) is 10.6. The van der Waals surface area contributed by atoms with E-state index in [0.717, 1.165) is 24.0 Å². The summed E-state index contributed by atoms with van der Waals surface area (Å²) < 4.78 is 5.64. The largest absolute Gasteiger partial charge is 0.481 e. The van der Waals surface area contributed by atoms with Crippen molar-refractivity contribution in [1.29, 1.82) is 0 Å². The molecule has 6 heteroatoms. The van der Waals surface area contributed by atoms with Crippen LogP contribution in [0, 0.1) is 0 Å². The molecule has 0 radical (unpaired) electrons. The molecular formula is C21H22ClN3O2. The van der Waals surface area contributed by atoms with Gasteiger partial charge in [-0.15, -0.1) is 0 Å². The van der Waals surface area contributed by atoms with E-state index in [9.17, 15) is 4.79 Å². The number of anilines is 1. The fraction of sp³-hybridized carbons (Fsp3) is 0.238. The molecule has 0 bridgehead atoms. The topological polar surface area (TPSA) is 54.5 Å². The molecule has 0 spiro atoms. The maximum atomic E-state index is 12.0. The Morgan fingerprint density at radius 3 is 2.78 bits per heavy atom. The predicted molar refractivity (Wildman–Crippen MR) is 110 cm³/mol. The van der Waals surface area contributed by atoms with E-state index in [1.54, 1.807) is 18.3 Å². The molecule has 27 heavy (non-hydrogen) atoms. The number of nitrogens with one attached hydrogen (secondary N) is 1. The molecule has 3 aromatic rings. The number of carbonyl (C=O) groups is 1. The molecule has 0 aliphatic heterocycles. The number of halogens is 1. The summed E-state index contributed by atoms with van der Waals surface area (Å²) in [6.45, 7) is 1.40. The fourth-order valence-electron chi connectivity index (χ4n) is 2.78. The second kappa shape index (κ2) is 9.24. The maximum Gasteiger partial charge on any atom is 0.257 e. The van der Waals surface area contributed by atoms with Crippen LogP contribution in [-0.4, -0.2) is 37.6 Å². The van der Waals surface area contributed by atoms with Crippen molar-refractivity contribution in [2.75, 3.05) is 31.6 Å². The summed E-state index contributed by atoms with van der Waals surface area (Å²) in [7, 11) is 2.04.